The summed E-state index contributed by atoms with van der Waals surface area (Å²) < 4.78 is 42.2. The first-order valence-electron chi connectivity index (χ1n) is 9.54. The smallest absolute Gasteiger partial charge is 0.406 e. The van der Waals surface area contributed by atoms with Gasteiger partial charge in [-0.25, -0.2) is 9.97 Å². The van der Waals surface area contributed by atoms with Crippen LogP contribution in [-0.2, 0) is 11.8 Å². The average Bonchev–Trinajstić information content (AvgIpc) is 3.10. The SMILES string of the molecule is Cn1ncc2c(N3CCN(CC(=O)Nc4ccc(OC(F)(F)F)cc4)CC3)ncnc21. The molecule has 1 amide bonds. The van der Waals surface area contributed by atoms with Gasteiger partial charge >= 0.3 is 6.36 Å². The second-order valence-electron chi connectivity index (χ2n) is 7.09. The summed E-state index contributed by atoms with van der Waals surface area (Å²) in [6.07, 6.45) is -1.48. The zero-order chi connectivity index (χ0) is 22.0. The Morgan fingerprint density at radius 1 is 1.13 bits per heavy atom. The molecule has 12 heteroatoms. The molecule has 1 aliphatic heterocycles. The second-order valence-corrected chi connectivity index (χ2v) is 7.09. The van der Waals surface area contributed by atoms with E-state index in [9.17, 15) is 18.0 Å². The number of fused-ring (bicyclic) bond motifs is 1. The van der Waals surface area contributed by atoms with E-state index in [1.807, 2.05) is 11.9 Å². The van der Waals surface area contributed by atoms with Gasteiger partial charge in [-0.05, 0) is 24.3 Å². The van der Waals surface area contributed by atoms with Gasteiger partial charge in [0.15, 0.2) is 5.65 Å². The Bertz CT molecular complexity index is 1060. The first kappa shape index (κ1) is 20.8. The van der Waals surface area contributed by atoms with Crippen LogP contribution in [0, 0.1) is 0 Å². The molecule has 0 unspecified atom stereocenters. The number of aryl methyl sites for hydroxylation is 1. The summed E-state index contributed by atoms with van der Waals surface area (Å²) >= 11 is 0. The van der Waals surface area contributed by atoms with Crippen molar-refractivity contribution in [3.05, 3.63) is 36.8 Å². The molecular weight excluding hydrogens is 415 g/mol. The summed E-state index contributed by atoms with van der Waals surface area (Å²) in [4.78, 5) is 25.1. The van der Waals surface area contributed by atoms with Crippen LogP contribution in [0.1, 0.15) is 0 Å². The molecular formula is C19H20F3N7O2. The number of halogens is 3. The molecule has 1 N–H and O–H groups in total. The predicted molar refractivity (Wildman–Crippen MR) is 107 cm³/mol. The number of ether oxygens (including phenoxy) is 1. The minimum Gasteiger partial charge on any atom is -0.406 e. The summed E-state index contributed by atoms with van der Waals surface area (Å²) in [5, 5.41) is 7.80. The number of hydrogen-bond donors (Lipinski definition) is 1. The quantitative estimate of drug-likeness (QED) is 0.656. The van der Waals surface area contributed by atoms with E-state index in [2.05, 4.69) is 30.0 Å². The molecule has 164 valence electrons. The number of anilines is 2. The fraction of sp³-hybridized carbons (Fsp3) is 0.368. The molecule has 0 radical (unpaired) electrons. The maximum absolute atomic E-state index is 12.3. The Morgan fingerprint density at radius 2 is 1.84 bits per heavy atom. The minimum absolute atomic E-state index is 0.181. The van der Waals surface area contributed by atoms with Gasteiger partial charge in [-0.3, -0.25) is 14.4 Å². The molecule has 0 spiro atoms. The van der Waals surface area contributed by atoms with Crippen molar-refractivity contribution in [1.82, 2.24) is 24.6 Å². The third-order valence-electron chi connectivity index (χ3n) is 4.92. The summed E-state index contributed by atoms with van der Waals surface area (Å²) in [5.41, 5.74) is 1.16. The van der Waals surface area contributed by atoms with Gasteiger partial charge in [0.25, 0.3) is 0 Å². The molecule has 1 fully saturated rings. The number of nitrogens with one attached hydrogen (secondary N) is 1. The molecule has 0 aliphatic carbocycles. The van der Waals surface area contributed by atoms with Gasteiger partial charge in [0.1, 0.15) is 17.9 Å². The highest BCUT2D eigenvalue weighted by atomic mass is 19.4. The zero-order valence-corrected chi connectivity index (χ0v) is 16.6. The number of piperazine rings is 1. The van der Waals surface area contributed by atoms with Crippen molar-refractivity contribution in [3.8, 4) is 5.75 Å². The van der Waals surface area contributed by atoms with Crippen LogP contribution in [0.2, 0.25) is 0 Å². The van der Waals surface area contributed by atoms with E-state index < -0.39 is 6.36 Å². The molecule has 0 bridgehead atoms. The van der Waals surface area contributed by atoms with Crippen molar-refractivity contribution < 1.29 is 22.7 Å². The second kappa shape index (κ2) is 8.38. The highest BCUT2D eigenvalue weighted by Gasteiger charge is 2.31. The van der Waals surface area contributed by atoms with Crippen LogP contribution in [0.25, 0.3) is 11.0 Å². The topological polar surface area (TPSA) is 88.4 Å². The van der Waals surface area contributed by atoms with Crippen LogP contribution in [0.15, 0.2) is 36.8 Å². The largest absolute Gasteiger partial charge is 0.573 e. The number of benzene rings is 1. The summed E-state index contributed by atoms with van der Waals surface area (Å²) in [5.74, 6) is 0.243. The minimum atomic E-state index is -4.75. The Morgan fingerprint density at radius 3 is 2.52 bits per heavy atom. The number of rotatable bonds is 5. The number of carbonyl (C=O) groups is 1. The molecule has 2 aromatic heterocycles. The highest BCUT2D eigenvalue weighted by Crippen LogP contribution is 2.25. The number of amides is 1. The van der Waals surface area contributed by atoms with E-state index in [1.165, 1.54) is 18.5 Å². The summed E-state index contributed by atoms with van der Waals surface area (Å²) in [6.45, 7) is 2.89. The van der Waals surface area contributed by atoms with Crippen molar-refractivity contribution >= 4 is 28.4 Å². The fourth-order valence-electron chi connectivity index (χ4n) is 3.46. The van der Waals surface area contributed by atoms with Crippen LogP contribution in [0.3, 0.4) is 0 Å². The molecule has 1 aliphatic rings. The van der Waals surface area contributed by atoms with Crippen LogP contribution < -0.4 is 15.0 Å². The van der Waals surface area contributed by atoms with E-state index in [1.54, 1.807) is 10.9 Å². The van der Waals surface area contributed by atoms with Gasteiger partial charge in [-0.2, -0.15) is 5.10 Å². The summed E-state index contributed by atoms with van der Waals surface area (Å²) in [6, 6.07) is 5.04. The van der Waals surface area contributed by atoms with Crippen molar-refractivity contribution in [2.24, 2.45) is 7.05 Å². The number of carbonyl (C=O) groups excluding carboxylic acids is 1. The van der Waals surface area contributed by atoms with Crippen LogP contribution >= 0.6 is 0 Å². The van der Waals surface area contributed by atoms with Crippen molar-refractivity contribution in [2.45, 2.75) is 6.36 Å². The predicted octanol–water partition coefficient (Wildman–Crippen LogP) is 2.02. The maximum Gasteiger partial charge on any atom is 0.573 e. The Hall–Kier alpha value is -3.41. The van der Waals surface area contributed by atoms with Crippen molar-refractivity contribution in [2.75, 3.05) is 42.9 Å². The molecule has 1 aromatic carbocycles. The lowest BCUT2D eigenvalue weighted by molar-refractivity contribution is -0.274. The lowest BCUT2D eigenvalue weighted by Gasteiger charge is -2.35. The monoisotopic (exact) mass is 435 g/mol. The molecule has 3 heterocycles. The Balaban J connectivity index is 1.29. The lowest BCUT2D eigenvalue weighted by atomic mass is 10.2. The molecule has 9 nitrogen and oxygen atoms in total. The van der Waals surface area contributed by atoms with Gasteiger partial charge in [-0.1, -0.05) is 0 Å². The number of nitrogens with zero attached hydrogens (tertiary/aromatic N) is 6. The van der Waals surface area contributed by atoms with Crippen molar-refractivity contribution in [3.63, 3.8) is 0 Å². The number of alkyl halides is 3. The molecule has 0 saturated carbocycles. The molecule has 3 aromatic rings. The van der Waals surface area contributed by atoms with Gasteiger partial charge in [-0.15, -0.1) is 13.2 Å². The van der Waals surface area contributed by atoms with E-state index >= 15 is 0 Å². The van der Waals surface area contributed by atoms with E-state index in [4.69, 9.17) is 0 Å². The molecule has 0 atom stereocenters. The van der Waals surface area contributed by atoms with Crippen LogP contribution in [0.5, 0.6) is 5.75 Å². The van der Waals surface area contributed by atoms with Gasteiger partial charge in [0, 0.05) is 38.9 Å². The van der Waals surface area contributed by atoms with E-state index in [-0.39, 0.29) is 18.2 Å². The highest BCUT2D eigenvalue weighted by molar-refractivity contribution is 5.92. The zero-order valence-electron chi connectivity index (χ0n) is 16.6. The Kier molecular flexibility index (Phi) is 5.63. The lowest BCUT2D eigenvalue weighted by Crippen LogP contribution is -2.49. The third-order valence-corrected chi connectivity index (χ3v) is 4.92. The third kappa shape index (κ3) is 5.02. The van der Waals surface area contributed by atoms with Crippen LogP contribution in [0.4, 0.5) is 24.7 Å². The number of aromatic nitrogens is 4. The first-order valence-corrected chi connectivity index (χ1v) is 9.54. The molecule has 1 saturated heterocycles. The summed E-state index contributed by atoms with van der Waals surface area (Å²) in [7, 11) is 1.83. The number of hydrogen-bond acceptors (Lipinski definition) is 7. The normalized spacial score (nSPS) is 15.3. The van der Waals surface area contributed by atoms with Gasteiger partial charge < -0.3 is 15.0 Å². The van der Waals surface area contributed by atoms with Gasteiger partial charge in [0.05, 0.1) is 18.1 Å². The van der Waals surface area contributed by atoms with Crippen LogP contribution in [-0.4, -0.2) is 69.6 Å². The maximum atomic E-state index is 12.3. The van der Waals surface area contributed by atoms with Crippen molar-refractivity contribution in [1.29, 1.82) is 0 Å². The average molecular weight is 435 g/mol. The molecule has 31 heavy (non-hydrogen) atoms. The van der Waals surface area contributed by atoms with E-state index in [0.717, 1.165) is 29.0 Å². The first-order chi connectivity index (χ1) is 14.8. The fourth-order valence-corrected chi connectivity index (χ4v) is 3.46. The standard InChI is InChI=1S/C19H20F3N7O2/c1-27-17-15(10-25-27)18(24-12-23-17)29-8-6-28(7-9-29)11-16(30)26-13-2-4-14(5-3-13)31-19(20,21)22/h2-5,10,12H,6-9,11H2,1H3,(H,26,30). The Labute approximate surface area is 175 Å². The van der Waals surface area contributed by atoms with E-state index in [0.29, 0.717) is 31.9 Å². The van der Waals surface area contributed by atoms with Gasteiger partial charge in [0.2, 0.25) is 5.91 Å². The molecule has 4 rings (SSSR count).